The van der Waals surface area contributed by atoms with Gasteiger partial charge in [-0.2, -0.15) is 18.2 Å². The summed E-state index contributed by atoms with van der Waals surface area (Å²) in [6.07, 6.45) is 0.404. The maximum Gasteiger partial charge on any atom is 0.421 e. The Morgan fingerprint density at radius 2 is 1.84 bits per heavy atom. The molecule has 1 aromatic heterocycles. The van der Waals surface area contributed by atoms with Crippen LogP contribution in [0, 0.1) is 24.7 Å². The first-order valence-electron chi connectivity index (χ1n) is 14.3. The number of aliphatic hydroxyl groups excluding tert-OH is 1. The predicted molar refractivity (Wildman–Crippen MR) is 154 cm³/mol. The van der Waals surface area contributed by atoms with Crippen LogP contribution in [0.5, 0.6) is 11.5 Å². The zero-order valence-electron chi connectivity index (χ0n) is 24.1. The quantitative estimate of drug-likeness (QED) is 0.251. The molecule has 0 aliphatic heterocycles. The fourth-order valence-corrected chi connectivity index (χ4v) is 7.28. The molecule has 4 fully saturated rings. The number of halogens is 3. The number of carbonyl (C=O) groups excluding carboxylic acids is 1. The lowest BCUT2D eigenvalue weighted by molar-refractivity contribution is -0.163. The number of nitrogens with one attached hydrogen (secondary N) is 3. The van der Waals surface area contributed by atoms with Gasteiger partial charge in [0.15, 0.2) is 0 Å². The second-order valence-corrected chi connectivity index (χ2v) is 11.9. The minimum absolute atomic E-state index is 0.104. The molecule has 4 bridgehead atoms. The number of hydrogen-bond acceptors (Lipinski definition) is 8. The molecule has 7 rings (SSSR count). The first kappa shape index (κ1) is 29.0. The van der Waals surface area contributed by atoms with Crippen molar-refractivity contribution in [1.82, 2.24) is 15.3 Å². The van der Waals surface area contributed by atoms with Crippen molar-refractivity contribution in [3.63, 3.8) is 0 Å². The Bertz CT molecular complexity index is 1530. The molecule has 1 amide bonds. The van der Waals surface area contributed by atoms with Crippen molar-refractivity contribution >= 4 is 29.0 Å². The van der Waals surface area contributed by atoms with Crippen LogP contribution in [0.25, 0.3) is 0 Å². The van der Waals surface area contributed by atoms with Crippen molar-refractivity contribution in [3.05, 3.63) is 59.3 Å². The highest BCUT2D eigenvalue weighted by Gasteiger charge is 2.56. The summed E-state index contributed by atoms with van der Waals surface area (Å²) in [4.78, 5) is 20.5. The van der Waals surface area contributed by atoms with E-state index in [0.717, 1.165) is 32.1 Å². The molecule has 3 aromatic rings. The van der Waals surface area contributed by atoms with Crippen LogP contribution in [0.2, 0.25) is 0 Å². The first-order valence-corrected chi connectivity index (χ1v) is 14.3. The first-order chi connectivity index (χ1) is 20.5. The lowest BCUT2D eigenvalue weighted by atomic mass is 9.53. The smallest absolute Gasteiger partial charge is 0.421 e. The zero-order valence-corrected chi connectivity index (χ0v) is 24.1. The van der Waals surface area contributed by atoms with Gasteiger partial charge < -0.3 is 30.5 Å². The van der Waals surface area contributed by atoms with Crippen LogP contribution < -0.4 is 25.4 Å². The summed E-state index contributed by atoms with van der Waals surface area (Å²) >= 11 is 0. The molecular weight excluding hydrogens is 563 g/mol. The summed E-state index contributed by atoms with van der Waals surface area (Å²) in [7, 11) is 2.93. The Morgan fingerprint density at radius 3 is 2.51 bits per heavy atom. The van der Waals surface area contributed by atoms with Crippen LogP contribution >= 0.6 is 0 Å². The second-order valence-electron chi connectivity index (χ2n) is 11.9. The van der Waals surface area contributed by atoms with Gasteiger partial charge in [-0.25, -0.2) is 4.98 Å². The molecule has 2 atom stereocenters. The van der Waals surface area contributed by atoms with E-state index in [-0.39, 0.29) is 40.7 Å². The third-order valence-corrected chi connectivity index (χ3v) is 9.00. The summed E-state index contributed by atoms with van der Waals surface area (Å²) in [5.41, 5.74) is -0.0180. The lowest BCUT2D eigenvalue weighted by Gasteiger charge is -2.58. The Hall–Kier alpha value is -4.06. The fraction of sp³-hybridized carbons (Fsp3) is 0.452. The zero-order chi connectivity index (χ0) is 30.5. The van der Waals surface area contributed by atoms with Gasteiger partial charge in [-0.3, -0.25) is 4.79 Å². The minimum atomic E-state index is -4.75. The number of alkyl halides is 3. The van der Waals surface area contributed by atoms with Gasteiger partial charge in [-0.15, -0.1) is 0 Å². The van der Waals surface area contributed by atoms with E-state index in [1.807, 2.05) is 0 Å². The van der Waals surface area contributed by atoms with Crippen LogP contribution in [0.3, 0.4) is 0 Å². The number of rotatable bonds is 8. The summed E-state index contributed by atoms with van der Waals surface area (Å²) < 4.78 is 54.1. The number of para-hydroxylation sites is 1. The van der Waals surface area contributed by atoms with Gasteiger partial charge in [0.2, 0.25) is 5.95 Å². The number of ether oxygens (including phenoxy) is 2. The van der Waals surface area contributed by atoms with Crippen molar-refractivity contribution in [2.24, 2.45) is 17.8 Å². The van der Waals surface area contributed by atoms with Crippen molar-refractivity contribution in [2.45, 2.75) is 56.9 Å². The van der Waals surface area contributed by atoms with E-state index in [1.54, 1.807) is 37.3 Å². The summed E-state index contributed by atoms with van der Waals surface area (Å²) in [6, 6.07) is 10.1. The maximum absolute atomic E-state index is 14.0. The van der Waals surface area contributed by atoms with Crippen LogP contribution in [0.4, 0.5) is 36.3 Å². The van der Waals surface area contributed by atoms with E-state index >= 15 is 0 Å². The molecule has 4 saturated carbocycles. The normalized spacial score (nSPS) is 25.7. The lowest BCUT2D eigenvalue weighted by Crippen LogP contribution is -2.59. The Kier molecular flexibility index (Phi) is 7.35. The van der Waals surface area contributed by atoms with E-state index in [4.69, 9.17) is 9.47 Å². The van der Waals surface area contributed by atoms with E-state index in [2.05, 4.69) is 25.9 Å². The highest BCUT2D eigenvalue weighted by molar-refractivity contribution is 6.00. The number of aliphatic hydroxyl groups is 1. The Labute approximate surface area is 247 Å². The maximum atomic E-state index is 14.0. The van der Waals surface area contributed by atoms with Crippen molar-refractivity contribution in [3.8, 4) is 11.5 Å². The van der Waals surface area contributed by atoms with Gasteiger partial charge >= 0.3 is 6.18 Å². The predicted octanol–water partition coefficient (Wildman–Crippen LogP) is 5.98. The van der Waals surface area contributed by atoms with Crippen LogP contribution in [0.15, 0.2) is 42.6 Å². The number of benzene rings is 2. The van der Waals surface area contributed by atoms with Crippen LogP contribution in [-0.4, -0.2) is 46.8 Å². The Morgan fingerprint density at radius 1 is 1.09 bits per heavy atom. The fourth-order valence-electron chi connectivity index (χ4n) is 7.28. The molecule has 0 saturated heterocycles. The Balaban J connectivity index is 1.27. The van der Waals surface area contributed by atoms with Gasteiger partial charge in [-0.05, 0) is 80.5 Å². The third kappa shape index (κ3) is 5.55. The number of anilines is 4. The van der Waals surface area contributed by atoms with Gasteiger partial charge in [0.1, 0.15) is 28.5 Å². The number of nitrogens with zero attached hydrogens (tertiary/aromatic N) is 2. The summed E-state index contributed by atoms with van der Waals surface area (Å²) in [6.45, 7) is 1.68. The number of amides is 1. The average Bonchev–Trinajstić information content (AvgIpc) is 2.96. The van der Waals surface area contributed by atoms with Crippen LogP contribution in [-0.2, 0) is 6.18 Å². The summed E-state index contributed by atoms with van der Waals surface area (Å²) in [5.74, 6) is 1.05. The number of aryl methyl sites for hydroxylation is 1. The molecule has 0 spiro atoms. The molecule has 4 aliphatic rings. The standard InChI is InChI=1S/C31H34F3N5O4/c1-16-5-4-6-21(28(41)35-2)25(16)38-27-22(31(32,33)34)15-36-29(39-27)37-23-8-7-20(11-24(23)42-3)43-30-12-17-9-18(13-30)26(40)19(10-17)14-30/h4-8,11,15,17-19,26,40H,9-10,12-14H2,1-3H3,(H,35,41)(H2,36,37,38,39). The minimum Gasteiger partial charge on any atom is -0.494 e. The molecule has 0 radical (unpaired) electrons. The highest BCUT2D eigenvalue weighted by Crippen LogP contribution is 2.57. The summed E-state index contributed by atoms with van der Waals surface area (Å²) in [5, 5.41) is 18.8. The molecule has 9 nitrogen and oxygen atoms in total. The number of aromatic nitrogens is 2. The number of carbonyl (C=O) groups is 1. The topological polar surface area (TPSA) is 118 Å². The van der Waals surface area contributed by atoms with E-state index in [1.165, 1.54) is 20.2 Å². The van der Waals surface area contributed by atoms with Crippen LogP contribution in [0.1, 0.15) is 53.6 Å². The molecule has 1 heterocycles. The molecule has 12 heteroatoms. The average molecular weight is 598 g/mol. The van der Waals surface area contributed by atoms with Gasteiger partial charge in [0, 0.05) is 19.3 Å². The number of methoxy groups -OCH3 is 1. The molecule has 2 unspecified atom stereocenters. The van der Waals surface area contributed by atoms with E-state index < -0.39 is 23.5 Å². The van der Waals surface area contributed by atoms with Crippen molar-refractivity contribution in [1.29, 1.82) is 0 Å². The SMILES string of the molecule is CNC(=O)c1cccc(C)c1Nc1nc(Nc2ccc(OC34CC5CC(C3)C(O)C(C5)C4)cc2OC)ncc1C(F)(F)F. The largest absolute Gasteiger partial charge is 0.494 e. The molecule has 43 heavy (non-hydrogen) atoms. The molecule has 228 valence electrons. The molecule has 2 aromatic carbocycles. The van der Waals surface area contributed by atoms with Gasteiger partial charge in [0.25, 0.3) is 5.91 Å². The van der Waals surface area contributed by atoms with E-state index in [9.17, 15) is 23.1 Å². The van der Waals surface area contributed by atoms with E-state index in [0.29, 0.717) is 34.9 Å². The third-order valence-electron chi connectivity index (χ3n) is 9.00. The monoisotopic (exact) mass is 597 g/mol. The second kappa shape index (κ2) is 10.9. The van der Waals surface area contributed by atoms with Gasteiger partial charge in [0.05, 0.1) is 30.2 Å². The number of hydrogen-bond donors (Lipinski definition) is 4. The molecular formula is C31H34F3N5O4. The van der Waals surface area contributed by atoms with Crippen molar-refractivity contribution in [2.75, 3.05) is 24.8 Å². The van der Waals surface area contributed by atoms with Crippen molar-refractivity contribution < 1.29 is 32.5 Å². The molecule has 4 aliphatic carbocycles. The molecule has 4 N–H and O–H groups in total. The highest BCUT2D eigenvalue weighted by atomic mass is 19.4. The van der Waals surface area contributed by atoms with Gasteiger partial charge in [-0.1, -0.05) is 12.1 Å².